The number of benzene rings is 1. The Bertz CT molecular complexity index is 392. The number of aliphatic hydroxyl groups is 1. The average Bonchev–Trinajstić information content (AvgIpc) is 2.26. The Hall–Kier alpha value is -0.860. The van der Waals surface area contributed by atoms with Gasteiger partial charge >= 0.3 is 0 Å². The van der Waals surface area contributed by atoms with Gasteiger partial charge in [-0.3, -0.25) is 0 Å². The van der Waals surface area contributed by atoms with E-state index in [0.29, 0.717) is 5.92 Å². The summed E-state index contributed by atoms with van der Waals surface area (Å²) in [6.45, 7) is 7.17. The maximum atomic E-state index is 10.6. The molecule has 1 N–H and O–H groups in total. The normalized spacial score (nSPS) is 27.3. The topological polar surface area (TPSA) is 29.5 Å². The van der Waals surface area contributed by atoms with E-state index in [0.717, 1.165) is 31.4 Å². The quantitative estimate of drug-likeness (QED) is 0.866. The predicted octanol–water partition coefficient (Wildman–Crippen LogP) is 3.27. The molecule has 1 saturated carbocycles. The molecule has 2 nitrogen and oxygen atoms in total. The molecular formula is C16H24O2. The Kier molecular flexibility index (Phi) is 4.08. The maximum Gasteiger partial charge on any atom is 0.0946 e. The molecule has 0 unspecified atom stereocenters. The average molecular weight is 248 g/mol. The van der Waals surface area contributed by atoms with Crippen molar-refractivity contribution in [2.75, 3.05) is 6.61 Å². The van der Waals surface area contributed by atoms with Crippen molar-refractivity contribution in [3.05, 3.63) is 35.4 Å². The maximum absolute atomic E-state index is 10.6. The fraction of sp³-hybridized carbons (Fsp3) is 0.625. The first kappa shape index (κ1) is 13.6. The molecule has 2 heteroatoms. The molecule has 2 rings (SSSR count). The van der Waals surface area contributed by atoms with E-state index < -0.39 is 5.60 Å². The van der Waals surface area contributed by atoms with Gasteiger partial charge in [-0.25, -0.2) is 0 Å². The van der Waals surface area contributed by atoms with Crippen molar-refractivity contribution in [1.82, 2.24) is 0 Å². The molecule has 0 radical (unpaired) electrons. The van der Waals surface area contributed by atoms with Crippen LogP contribution < -0.4 is 0 Å². The minimum absolute atomic E-state index is 0.230. The molecule has 100 valence electrons. The summed E-state index contributed by atoms with van der Waals surface area (Å²) in [6, 6.07) is 8.39. The van der Waals surface area contributed by atoms with E-state index in [1.54, 1.807) is 0 Å². The molecule has 1 aliphatic carbocycles. The minimum Gasteiger partial charge on any atom is -0.385 e. The third-order valence-corrected chi connectivity index (χ3v) is 3.64. The highest BCUT2D eigenvalue weighted by atomic mass is 16.5. The van der Waals surface area contributed by atoms with Crippen molar-refractivity contribution < 1.29 is 9.84 Å². The van der Waals surface area contributed by atoms with Gasteiger partial charge in [0, 0.05) is 19.4 Å². The molecule has 0 saturated heterocycles. The number of ether oxygens (including phenoxy) is 1. The zero-order valence-corrected chi connectivity index (χ0v) is 11.6. The molecule has 1 fully saturated rings. The van der Waals surface area contributed by atoms with Crippen molar-refractivity contribution in [2.45, 2.75) is 51.7 Å². The summed E-state index contributed by atoms with van der Waals surface area (Å²) < 4.78 is 5.53. The van der Waals surface area contributed by atoms with Gasteiger partial charge in [0.05, 0.1) is 11.7 Å². The van der Waals surface area contributed by atoms with Crippen molar-refractivity contribution in [3.8, 4) is 0 Å². The fourth-order valence-corrected chi connectivity index (χ4v) is 2.74. The van der Waals surface area contributed by atoms with Crippen LogP contribution >= 0.6 is 0 Å². The third-order valence-electron chi connectivity index (χ3n) is 3.64. The molecule has 0 aliphatic heterocycles. The second kappa shape index (κ2) is 5.41. The summed E-state index contributed by atoms with van der Waals surface area (Å²) in [5.74, 6) is 0.646. The summed E-state index contributed by atoms with van der Waals surface area (Å²) in [6.07, 6.45) is 2.75. The fourth-order valence-electron chi connectivity index (χ4n) is 2.74. The second-order valence-corrected chi connectivity index (χ2v) is 5.82. The van der Waals surface area contributed by atoms with Gasteiger partial charge in [0.25, 0.3) is 0 Å². The third kappa shape index (κ3) is 2.93. The van der Waals surface area contributed by atoms with Gasteiger partial charge in [0.1, 0.15) is 0 Å². The minimum atomic E-state index is -0.660. The second-order valence-electron chi connectivity index (χ2n) is 5.82. The van der Waals surface area contributed by atoms with Crippen LogP contribution in [-0.2, 0) is 16.8 Å². The molecule has 0 heterocycles. The molecule has 1 aromatic carbocycles. The zero-order chi connectivity index (χ0) is 13.2. The summed E-state index contributed by atoms with van der Waals surface area (Å²) in [5.41, 5.74) is 1.71. The Morgan fingerprint density at radius 3 is 2.72 bits per heavy atom. The van der Waals surface area contributed by atoms with E-state index in [4.69, 9.17) is 4.74 Å². The first-order chi connectivity index (χ1) is 8.53. The Labute approximate surface area is 110 Å². The van der Waals surface area contributed by atoms with E-state index in [1.807, 2.05) is 13.0 Å². The highest BCUT2D eigenvalue weighted by Crippen LogP contribution is 2.43. The first-order valence-electron chi connectivity index (χ1n) is 6.97. The van der Waals surface area contributed by atoms with E-state index in [-0.39, 0.29) is 6.10 Å². The van der Waals surface area contributed by atoms with Crippen LogP contribution in [0, 0.1) is 5.92 Å². The van der Waals surface area contributed by atoms with Crippen molar-refractivity contribution in [1.29, 1.82) is 0 Å². The van der Waals surface area contributed by atoms with E-state index in [9.17, 15) is 5.11 Å². The van der Waals surface area contributed by atoms with Crippen LogP contribution in [0.15, 0.2) is 24.3 Å². The van der Waals surface area contributed by atoms with Crippen molar-refractivity contribution >= 4 is 0 Å². The lowest BCUT2D eigenvalue weighted by Crippen LogP contribution is -2.45. The molecule has 0 bridgehead atoms. The van der Waals surface area contributed by atoms with E-state index >= 15 is 0 Å². The van der Waals surface area contributed by atoms with Gasteiger partial charge in [-0.1, -0.05) is 38.1 Å². The van der Waals surface area contributed by atoms with Gasteiger partial charge in [0.15, 0.2) is 0 Å². The molecule has 18 heavy (non-hydrogen) atoms. The molecule has 1 aliphatic rings. The lowest BCUT2D eigenvalue weighted by molar-refractivity contribution is -0.142. The molecule has 1 aromatic rings. The SMILES string of the molecule is CCOC1CC(O)(c2cccc(CC(C)C)c2)C1. The van der Waals surface area contributed by atoms with Crippen LogP contribution in [-0.4, -0.2) is 17.8 Å². The van der Waals surface area contributed by atoms with Gasteiger partial charge in [0.2, 0.25) is 0 Å². The van der Waals surface area contributed by atoms with E-state index in [1.165, 1.54) is 5.56 Å². The lowest BCUT2D eigenvalue weighted by atomic mass is 9.72. The van der Waals surface area contributed by atoms with Crippen LogP contribution in [0.2, 0.25) is 0 Å². The van der Waals surface area contributed by atoms with Crippen LogP contribution in [0.5, 0.6) is 0 Å². The van der Waals surface area contributed by atoms with Crippen molar-refractivity contribution in [3.63, 3.8) is 0 Å². The van der Waals surface area contributed by atoms with Crippen LogP contribution in [0.1, 0.15) is 44.7 Å². The van der Waals surface area contributed by atoms with Crippen LogP contribution in [0.3, 0.4) is 0 Å². The molecule has 0 amide bonds. The summed E-state index contributed by atoms with van der Waals surface area (Å²) in [4.78, 5) is 0. The van der Waals surface area contributed by atoms with Gasteiger partial charge in [-0.2, -0.15) is 0 Å². The summed E-state index contributed by atoms with van der Waals surface area (Å²) in [7, 11) is 0. The summed E-state index contributed by atoms with van der Waals surface area (Å²) in [5, 5.41) is 10.6. The van der Waals surface area contributed by atoms with Gasteiger partial charge in [-0.05, 0) is 30.4 Å². The standard InChI is InChI=1S/C16H24O2/c1-4-18-15-10-16(17,11-15)14-7-5-6-13(9-14)8-12(2)3/h5-7,9,12,15,17H,4,8,10-11H2,1-3H3. The molecule has 0 atom stereocenters. The largest absolute Gasteiger partial charge is 0.385 e. The Morgan fingerprint density at radius 1 is 1.39 bits per heavy atom. The zero-order valence-electron chi connectivity index (χ0n) is 11.6. The molecule has 0 spiro atoms. The van der Waals surface area contributed by atoms with Gasteiger partial charge < -0.3 is 9.84 Å². The highest BCUT2D eigenvalue weighted by Gasteiger charge is 2.44. The Balaban J connectivity index is 2.05. The van der Waals surface area contributed by atoms with Crippen molar-refractivity contribution in [2.24, 2.45) is 5.92 Å². The first-order valence-corrected chi connectivity index (χ1v) is 6.97. The smallest absolute Gasteiger partial charge is 0.0946 e. The van der Waals surface area contributed by atoms with Gasteiger partial charge in [-0.15, -0.1) is 0 Å². The monoisotopic (exact) mass is 248 g/mol. The number of hydrogen-bond donors (Lipinski definition) is 1. The number of hydrogen-bond acceptors (Lipinski definition) is 2. The van der Waals surface area contributed by atoms with E-state index in [2.05, 4.69) is 32.0 Å². The molecule has 0 aromatic heterocycles. The lowest BCUT2D eigenvalue weighted by Gasteiger charge is -2.43. The highest BCUT2D eigenvalue weighted by molar-refractivity contribution is 5.30. The number of rotatable bonds is 5. The summed E-state index contributed by atoms with van der Waals surface area (Å²) >= 11 is 0. The van der Waals surface area contributed by atoms with Crippen LogP contribution in [0.4, 0.5) is 0 Å². The predicted molar refractivity (Wildman–Crippen MR) is 73.5 cm³/mol. The molecular weight excluding hydrogens is 224 g/mol. The van der Waals surface area contributed by atoms with Crippen LogP contribution in [0.25, 0.3) is 0 Å². The Morgan fingerprint density at radius 2 is 2.11 bits per heavy atom.